The monoisotopic (exact) mass is 221 g/mol. The molecule has 1 amide bonds. The van der Waals surface area contributed by atoms with E-state index in [1.165, 1.54) is 4.90 Å². The number of hydrogen-bond donors (Lipinski definition) is 1. The van der Waals surface area contributed by atoms with Gasteiger partial charge in [-0.25, -0.2) is 0 Å². The van der Waals surface area contributed by atoms with Gasteiger partial charge in [0.05, 0.1) is 5.56 Å². The molecule has 3 heteroatoms. The second-order valence-electron chi connectivity index (χ2n) is 4.29. The van der Waals surface area contributed by atoms with Crippen molar-refractivity contribution >= 4 is 5.91 Å². The highest BCUT2D eigenvalue weighted by Crippen LogP contribution is 2.25. The quantitative estimate of drug-likeness (QED) is 0.852. The van der Waals surface area contributed by atoms with E-state index in [2.05, 4.69) is 13.8 Å². The zero-order valence-corrected chi connectivity index (χ0v) is 10.3. The summed E-state index contributed by atoms with van der Waals surface area (Å²) in [5.74, 6) is 0.280. The predicted molar refractivity (Wildman–Crippen MR) is 64.8 cm³/mol. The van der Waals surface area contributed by atoms with Gasteiger partial charge in [-0.3, -0.25) is 4.79 Å². The average Bonchev–Trinajstić information content (AvgIpc) is 2.27. The van der Waals surface area contributed by atoms with Crippen molar-refractivity contribution in [1.82, 2.24) is 4.90 Å². The minimum Gasteiger partial charge on any atom is -0.507 e. The molecular formula is C13H19NO2. The van der Waals surface area contributed by atoms with Crippen molar-refractivity contribution in [2.24, 2.45) is 0 Å². The van der Waals surface area contributed by atoms with Gasteiger partial charge < -0.3 is 10.0 Å². The lowest BCUT2D eigenvalue weighted by Gasteiger charge is -2.15. The molecule has 0 saturated carbocycles. The Morgan fingerprint density at radius 1 is 1.44 bits per heavy atom. The lowest BCUT2D eigenvalue weighted by atomic mass is 9.96. The summed E-state index contributed by atoms with van der Waals surface area (Å²) in [6.45, 7) is 4.21. The summed E-state index contributed by atoms with van der Waals surface area (Å²) in [5, 5.41) is 9.66. The number of carbonyl (C=O) groups excluding carboxylic acids is 1. The Morgan fingerprint density at radius 3 is 2.56 bits per heavy atom. The molecule has 1 atom stereocenters. The lowest BCUT2D eigenvalue weighted by molar-refractivity contribution is 0.0824. The van der Waals surface area contributed by atoms with Crippen LogP contribution in [0.2, 0.25) is 0 Å². The maximum Gasteiger partial charge on any atom is 0.257 e. The van der Waals surface area contributed by atoms with Crippen LogP contribution in [0.15, 0.2) is 18.2 Å². The van der Waals surface area contributed by atoms with Crippen LogP contribution in [0.4, 0.5) is 0 Å². The Hall–Kier alpha value is -1.51. The average molecular weight is 221 g/mol. The van der Waals surface area contributed by atoms with Crippen molar-refractivity contribution in [3.05, 3.63) is 29.3 Å². The number of phenolic OH excluding ortho intramolecular Hbond substituents is 1. The van der Waals surface area contributed by atoms with Gasteiger partial charge >= 0.3 is 0 Å². The molecular weight excluding hydrogens is 202 g/mol. The summed E-state index contributed by atoms with van der Waals surface area (Å²) >= 11 is 0. The molecule has 16 heavy (non-hydrogen) atoms. The van der Waals surface area contributed by atoms with Crippen LogP contribution in [-0.2, 0) is 0 Å². The molecule has 3 nitrogen and oxygen atoms in total. The Labute approximate surface area is 96.7 Å². The largest absolute Gasteiger partial charge is 0.507 e. The summed E-state index contributed by atoms with van der Waals surface area (Å²) in [6, 6.07) is 5.25. The van der Waals surface area contributed by atoms with Gasteiger partial charge in [0.25, 0.3) is 5.91 Å². The predicted octanol–water partition coefficient (Wildman–Crippen LogP) is 2.61. The van der Waals surface area contributed by atoms with E-state index in [1.807, 2.05) is 6.07 Å². The maximum atomic E-state index is 11.8. The molecule has 0 aliphatic rings. The minimum absolute atomic E-state index is 0.0470. The summed E-state index contributed by atoms with van der Waals surface area (Å²) in [6.07, 6.45) is 1.01. The van der Waals surface area contributed by atoms with Gasteiger partial charge in [-0.05, 0) is 30.0 Å². The molecule has 0 spiro atoms. The Morgan fingerprint density at radius 2 is 2.06 bits per heavy atom. The fraction of sp³-hybridized carbons (Fsp3) is 0.462. The standard InChI is InChI=1S/C13H19NO2/c1-5-9(2)10-6-7-12(15)11(8-10)13(16)14(3)4/h6-9,15H,5H2,1-4H3. The van der Waals surface area contributed by atoms with Crippen LogP contribution < -0.4 is 0 Å². The van der Waals surface area contributed by atoms with Crippen LogP contribution in [0.3, 0.4) is 0 Å². The zero-order chi connectivity index (χ0) is 12.3. The maximum absolute atomic E-state index is 11.8. The fourth-order valence-corrected chi connectivity index (χ4v) is 1.51. The van der Waals surface area contributed by atoms with E-state index in [-0.39, 0.29) is 11.7 Å². The molecule has 0 bridgehead atoms. The van der Waals surface area contributed by atoms with E-state index in [9.17, 15) is 9.90 Å². The first kappa shape index (κ1) is 12.6. The van der Waals surface area contributed by atoms with E-state index in [1.54, 1.807) is 26.2 Å². The van der Waals surface area contributed by atoms with Gasteiger partial charge in [-0.15, -0.1) is 0 Å². The lowest BCUT2D eigenvalue weighted by Crippen LogP contribution is -2.22. The minimum atomic E-state index is -0.164. The van der Waals surface area contributed by atoms with Gasteiger partial charge in [0.2, 0.25) is 0 Å². The molecule has 1 aromatic rings. The molecule has 1 aromatic carbocycles. The summed E-state index contributed by atoms with van der Waals surface area (Å²) in [7, 11) is 3.36. The number of rotatable bonds is 3. The number of carbonyl (C=O) groups is 1. The van der Waals surface area contributed by atoms with Gasteiger partial charge in [0, 0.05) is 14.1 Å². The number of phenols is 1. The molecule has 1 rings (SSSR count). The topological polar surface area (TPSA) is 40.5 Å². The van der Waals surface area contributed by atoms with Gasteiger partial charge in [-0.1, -0.05) is 19.9 Å². The third-order valence-electron chi connectivity index (χ3n) is 2.84. The Kier molecular flexibility index (Phi) is 3.93. The number of aromatic hydroxyl groups is 1. The highest BCUT2D eigenvalue weighted by molar-refractivity contribution is 5.96. The van der Waals surface area contributed by atoms with E-state index in [0.29, 0.717) is 11.5 Å². The number of hydrogen-bond acceptors (Lipinski definition) is 2. The second kappa shape index (κ2) is 5.01. The molecule has 1 unspecified atom stereocenters. The van der Waals surface area contributed by atoms with Gasteiger partial charge in [-0.2, -0.15) is 0 Å². The van der Waals surface area contributed by atoms with Crippen molar-refractivity contribution in [3.63, 3.8) is 0 Å². The van der Waals surface area contributed by atoms with Crippen LogP contribution in [-0.4, -0.2) is 30.0 Å². The number of amides is 1. The third-order valence-corrected chi connectivity index (χ3v) is 2.84. The van der Waals surface area contributed by atoms with E-state index < -0.39 is 0 Å². The third kappa shape index (κ3) is 2.54. The first-order valence-electron chi connectivity index (χ1n) is 5.52. The van der Waals surface area contributed by atoms with Crippen molar-refractivity contribution in [2.45, 2.75) is 26.2 Å². The first-order valence-corrected chi connectivity index (χ1v) is 5.52. The first-order chi connectivity index (χ1) is 7.47. The molecule has 0 aromatic heterocycles. The van der Waals surface area contributed by atoms with Crippen molar-refractivity contribution in [2.75, 3.05) is 14.1 Å². The molecule has 1 N–H and O–H groups in total. The Balaban J connectivity index is 3.13. The Bertz CT molecular complexity index is 386. The molecule has 0 radical (unpaired) electrons. The number of benzene rings is 1. The van der Waals surface area contributed by atoms with E-state index in [0.717, 1.165) is 12.0 Å². The molecule has 0 heterocycles. The fourth-order valence-electron chi connectivity index (χ4n) is 1.51. The second-order valence-corrected chi connectivity index (χ2v) is 4.29. The van der Waals surface area contributed by atoms with Crippen LogP contribution in [0.1, 0.15) is 42.1 Å². The zero-order valence-electron chi connectivity index (χ0n) is 10.3. The summed E-state index contributed by atoms with van der Waals surface area (Å²) in [4.78, 5) is 13.3. The van der Waals surface area contributed by atoms with Crippen LogP contribution in [0.25, 0.3) is 0 Å². The van der Waals surface area contributed by atoms with Crippen molar-refractivity contribution in [1.29, 1.82) is 0 Å². The molecule has 0 aliphatic carbocycles. The van der Waals surface area contributed by atoms with Crippen LogP contribution in [0.5, 0.6) is 5.75 Å². The highest BCUT2D eigenvalue weighted by Gasteiger charge is 2.15. The molecule has 0 saturated heterocycles. The van der Waals surface area contributed by atoms with Gasteiger partial charge in [0.15, 0.2) is 0 Å². The van der Waals surface area contributed by atoms with Crippen molar-refractivity contribution in [3.8, 4) is 5.75 Å². The van der Waals surface area contributed by atoms with Crippen LogP contribution >= 0.6 is 0 Å². The van der Waals surface area contributed by atoms with E-state index in [4.69, 9.17) is 0 Å². The molecule has 0 aliphatic heterocycles. The normalized spacial score (nSPS) is 12.2. The summed E-state index contributed by atoms with van der Waals surface area (Å²) < 4.78 is 0. The smallest absolute Gasteiger partial charge is 0.257 e. The molecule has 0 fully saturated rings. The molecule has 88 valence electrons. The number of nitrogens with zero attached hydrogens (tertiary/aromatic N) is 1. The van der Waals surface area contributed by atoms with Crippen LogP contribution in [0, 0.1) is 0 Å². The van der Waals surface area contributed by atoms with E-state index >= 15 is 0 Å². The highest BCUT2D eigenvalue weighted by atomic mass is 16.3. The SMILES string of the molecule is CCC(C)c1ccc(O)c(C(=O)N(C)C)c1. The van der Waals surface area contributed by atoms with Gasteiger partial charge in [0.1, 0.15) is 5.75 Å². The summed E-state index contributed by atoms with van der Waals surface area (Å²) in [5.41, 5.74) is 1.47. The van der Waals surface area contributed by atoms with Crippen molar-refractivity contribution < 1.29 is 9.90 Å².